The number of hydrogen-bond acceptors (Lipinski definition) is 6. The highest BCUT2D eigenvalue weighted by atomic mass is 16.6. The van der Waals surface area contributed by atoms with E-state index in [-0.39, 0.29) is 31.1 Å². The molecule has 0 heterocycles. The van der Waals surface area contributed by atoms with E-state index >= 15 is 0 Å². The van der Waals surface area contributed by atoms with E-state index in [0.717, 1.165) is 64.2 Å². The Morgan fingerprint density at radius 2 is 0.562 bits per heavy atom. The lowest BCUT2D eigenvalue weighted by Gasteiger charge is -2.18. The lowest BCUT2D eigenvalue weighted by molar-refractivity contribution is -0.167. The summed E-state index contributed by atoms with van der Waals surface area (Å²) in [6.07, 6.45) is 61.6. The minimum Gasteiger partial charge on any atom is -0.462 e. The van der Waals surface area contributed by atoms with Gasteiger partial charge in [-0.2, -0.15) is 0 Å². The van der Waals surface area contributed by atoms with Gasteiger partial charge < -0.3 is 14.2 Å². The first kappa shape index (κ1) is 61.9. The summed E-state index contributed by atoms with van der Waals surface area (Å²) >= 11 is 0. The molecule has 0 aliphatic rings. The lowest BCUT2D eigenvalue weighted by atomic mass is 10.0. The predicted molar refractivity (Wildman–Crippen MR) is 275 cm³/mol. The normalized spacial score (nSPS) is 12.1. The van der Waals surface area contributed by atoms with Gasteiger partial charge in [-0.1, -0.05) is 263 Å². The summed E-state index contributed by atoms with van der Waals surface area (Å²) < 4.78 is 16.9. The summed E-state index contributed by atoms with van der Waals surface area (Å²) in [5.74, 6) is -0.852. The Labute approximate surface area is 398 Å². The molecule has 0 aromatic rings. The van der Waals surface area contributed by atoms with E-state index in [4.69, 9.17) is 14.2 Å². The van der Waals surface area contributed by atoms with Crippen molar-refractivity contribution in [3.8, 4) is 0 Å². The van der Waals surface area contributed by atoms with Crippen molar-refractivity contribution < 1.29 is 28.6 Å². The van der Waals surface area contributed by atoms with Crippen LogP contribution in [0.1, 0.15) is 310 Å². The van der Waals surface area contributed by atoms with Gasteiger partial charge in [-0.15, -0.1) is 0 Å². The van der Waals surface area contributed by atoms with Crippen LogP contribution in [0.15, 0.2) is 24.3 Å². The Morgan fingerprint density at radius 3 is 0.891 bits per heavy atom. The molecule has 0 aliphatic carbocycles. The Balaban J connectivity index is 4.29. The molecule has 64 heavy (non-hydrogen) atoms. The van der Waals surface area contributed by atoms with Crippen LogP contribution in [-0.2, 0) is 28.6 Å². The molecule has 1 unspecified atom stereocenters. The van der Waals surface area contributed by atoms with E-state index in [2.05, 4.69) is 45.1 Å². The van der Waals surface area contributed by atoms with E-state index in [1.54, 1.807) is 0 Å². The van der Waals surface area contributed by atoms with Crippen molar-refractivity contribution in [3.63, 3.8) is 0 Å². The number of hydrogen-bond donors (Lipinski definition) is 0. The van der Waals surface area contributed by atoms with Gasteiger partial charge in [-0.05, 0) is 51.4 Å². The maximum atomic E-state index is 12.8. The Kier molecular flexibility index (Phi) is 51.7. The Morgan fingerprint density at radius 1 is 0.312 bits per heavy atom. The summed E-state index contributed by atoms with van der Waals surface area (Å²) in [7, 11) is 0. The summed E-state index contributed by atoms with van der Waals surface area (Å²) in [4.78, 5) is 38.1. The first-order chi connectivity index (χ1) is 31.5. The summed E-state index contributed by atoms with van der Waals surface area (Å²) in [6.45, 7) is 6.65. The third kappa shape index (κ3) is 50.9. The van der Waals surface area contributed by atoms with Crippen LogP contribution < -0.4 is 0 Å². The van der Waals surface area contributed by atoms with Gasteiger partial charge in [-0.25, -0.2) is 0 Å². The number of unbranched alkanes of at least 4 members (excludes halogenated alkanes) is 37. The van der Waals surface area contributed by atoms with Crippen molar-refractivity contribution in [2.45, 2.75) is 316 Å². The molecule has 0 aliphatic heterocycles. The van der Waals surface area contributed by atoms with Crippen LogP contribution in [0.3, 0.4) is 0 Å². The molecule has 0 aromatic carbocycles. The first-order valence-electron chi connectivity index (χ1n) is 28.3. The Bertz CT molecular complexity index is 1040. The third-order valence-corrected chi connectivity index (χ3v) is 12.7. The second-order valence-electron chi connectivity index (χ2n) is 19.2. The second kappa shape index (κ2) is 53.5. The van der Waals surface area contributed by atoms with Crippen LogP contribution in [0.5, 0.6) is 0 Å². The number of allylic oxidation sites excluding steroid dienone is 4. The fourth-order valence-corrected chi connectivity index (χ4v) is 8.42. The molecular weight excluding hydrogens is 793 g/mol. The molecule has 0 amide bonds. The molecule has 0 fully saturated rings. The first-order valence-corrected chi connectivity index (χ1v) is 28.3. The highest BCUT2D eigenvalue weighted by Gasteiger charge is 2.19. The molecule has 0 spiro atoms. The molecule has 0 N–H and O–H groups in total. The van der Waals surface area contributed by atoms with Gasteiger partial charge in [0.05, 0.1) is 0 Å². The smallest absolute Gasteiger partial charge is 0.306 e. The highest BCUT2D eigenvalue weighted by molar-refractivity contribution is 5.71. The zero-order valence-electron chi connectivity index (χ0n) is 43.1. The minimum absolute atomic E-state index is 0.0671. The highest BCUT2D eigenvalue weighted by Crippen LogP contribution is 2.17. The number of carbonyl (C=O) groups is 3. The summed E-state index contributed by atoms with van der Waals surface area (Å²) in [5.41, 5.74) is 0. The van der Waals surface area contributed by atoms with Crippen LogP contribution >= 0.6 is 0 Å². The van der Waals surface area contributed by atoms with E-state index in [1.807, 2.05) is 0 Å². The minimum atomic E-state index is -0.767. The van der Waals surface area contributed by atoms with Gasteiger partial charge in [0.15, 0.2) is 6.10 Å². The van der Waals surface area contributed by atoms with Gasteiger partial charge >= 0.3 is 17.9 Å². The molecule has 6 nitrogen and oxygen atoms in total. The lowest BCUT2D eigenvalue weighted by Crippen LogP contribution is -2.30. The quantitative estimate of drug-likeness (QED) is 0.0262. The Hall–Kier alpha value is -2.11. The molecule has 0 bridgehead atoms. The number of esters is 3. The van der Waals surface area contributed by atoms with Crippen molar-refractivity contribution >= 4 is 17.9 Å². The molecule has 0 radical (unpaired) electrons. The maximum absolute atomic E-state index is 12.8. The molecular formula is C58H108O6. The molecule has 376 valence electrons. The number of ether oxygens (including phenoxy) is 3. The largest absolute Gasteiger partial charge is 0.462 e. The van der Waals surface area contributed by atoms with Crippen LogP contribution in [0, 0.1) is 0 Å². The van der Waals surface area contributed by atoms with E-state index in [1.165, 1.54) is 205 Å². The van der Waals surface area contributed by atoms with Gasteiger partial charge in [0.2, 0.25) is 0 Å². The van der Waals surface area contributed by atoms with Crippen molar-refractivity contribution in [1.82, 2.24) is 0 Å². The van der Waals surface area contributed by atoms with Gasteiger partial charge in [0.1, 0.15) is 13.2 Å². The molecule has 0 saturated heterocycles. The second-order valence-corrected chi connectivity index (χ2v) is 19.2. The molecule has 0 aromatic heterocycles. The molecule has 1 atom stereocenters. The maximum Gasteiger partial charge on any atom is 0.306 e. The zero-order valence-corrected chi connectivity index (χ0v) is 43.1. The van der Waals surface area contributed by atoms with E-state index in [9.17, 15) is 14.4 Å². The van der Waals surface area contributed by atoms with Crippen molar-refractivity contribution in [1.29, 1.82) is 0 Å². The number of carbonyl (C=O) groups excluding carboxylic acids is 3. The summed E-state index contributed by atoms with van der Waals surface area (Å²) in [6, 6.07) is 0. The molecule has 6 heteroatoms. The average molecular weight is 901 g/mol. The third-order valence-electron chi connectivity index (χ3n) is 12.7. The van der Waals surface area contributed by atoms with Crippen LogP contribution in [-0.4, -0.2) is 37.2 Å². The monoisotopic (exact) mass is 901 g/mol. The fraction of sp³-hybridized carbons (Fsp3) is 0.879. The fourth-order valence-electron chi connectivity index (χ4n) is 8.42. The van der Waals surface area contributed by atoms with Crippen LogP contribution in [0.2, 0.25) is 0 Å². The topological polar surface area (TPSA) is 78.9 Å². The number of rotatable bonds is 52. The SMILES string of the molecule is CCCCC/C=C\C/C=C\CCCCCCCCCCCC(=O)OCC(COC(=O)CCCCCCCCCCCCC)OC(=O)CCCCCCCCCCCCCCCCCC. The predicted octanol–water partition coefficient (Wildman–Crippen LogP) is 18.7. The van der Waals surface area contributed by atoms with Gasteiger partial charge in [0, 0.05) is 19.3 Å². The van der Waals surface area contributed by atoms with Crippen molar-refractivity contribution in [3.05, 3.63) is 24.3 Å². The van der Waals surface area contributed by atoms with E-state index < -0.39 is 6.10 Å². The van der Waals surface area contributed by atoms with Crippen molar-refractivity contribution in [2.24, 2.45) is 0 Å². The molecule has 0 saturated carbocycles. The average Bonchev–Trinajstić information content (AvgIpc) is 3.29. The standard InChI is InChI=1S/C58H108O6/c1-4-7-10-13-16-19-22-24-26-28-29-30-32-33-36-39-42-45-48-51-57(60)63-54-55(53-62-56(59)50-47-44-41-38-35-21-18-15-12-9-6-3)64-58(61)52-49-46-43-40-37-34-31-27-25-23-20-17-14-11-8-5-2/h16,19,24,26,55H,4-15,17-18,20-23,25,27-54H2,1-3H3/b19-16-,26-24-. The van der Waals surface area contributed by atoms with Crippen LogP contribution in [0.4, 0.5) is 0 Å². The van der Waals surface area contributed by atoms with Crippen molar-refractivity contribution in [2.75, 3.05) is 13.2 Å². The van der Waals surface area contributed by atoms with Gasteiger partial charge in [0.25, 0.3) is 0 Å². The molecule has 0 rings (SSSR count). The summed E-state index contributed by atoms with van der Waals surface area (Å²) in [5, 5.41) is 0. The van der Waals surface area contributed by atoms with Gasteiger partial charge in [-0.3, -0.25) is 14.4 Å². The zero-order chi connectivity index (χ0) is 46.5. The van der Waals surface area contributed by atoms with Crippen LogP contribution in [0.25, 0.3) is 0 Å². The van der Waals surface area contributed by atoms with E-state index in [0.29, 0.717) is 19.3 Å².